The highest BCUT2D eigenvalue weighted by Gasteiger charge is 2.41. The molecule has 1 aromatic heterocycles. The number of urea groups is 1. The summed E-state index contributed by atoms with van der Waals surface area (Å²) in [6.45, 7) is 9.71. The Morgan fingerprint density at radius 2 is 1.93 bits per heavy atom. The summed E-state index contributed by atoms with van der Waals surface area (Å²) in [7, 11) is 0. The highest BCUT2D eigenvalue weighted by atomic mass is 32.1. The highest BCUT2D eigenvalue weighted by molar-refractivity contribution is 7.10. The van der Waals surface area contributed by atoms with Crippen LogP contribution in [0.4, 0.5) is 4.79 Å². The van der Waals surface area contributed by atoms with Crippen molar-refractivity contribution in [2.45, 2.75) is 46.7 Å². The second kappa shape index (κ2) is 7.99. The molecule has 1 aliphatic rings. The van der Waals surface area contributed by atoms with E-state index in [1.54, 1.807) is 11.3 Å². The van der Waals surface area contributed by atoms with E-state index in [-0.39, 0.29) is 23.9 Å². The zero-order valence-electron chi connectivity index (χ0n) is 17.4. The zero-order chi connectivity index (χ0) is 21.3. The van der Waals surface area contributed by atoms with Gasteiger partial charge in [0.15, 0.2) is 0 Å². The van der Waals surface area contributed by atoms with E-state index in [2.05, 4.69) is 10.6 Å². The minimum atomic E-state index is -0.758. The lowest BCUT2D eigenvalue weighted by Crippen LogP contribution is -2.44. The van der Waals surface area contributed by atoms with Gasteiger partial charge >= 0.3 is 6.03 Å². The number of rotatable bonds is 5. The van der Waals surface area contributed by atoms with Crippen molar-refractivity contribution in [2.24, 2.45) is 5.41 Å². The summed E-state index contributed by atoms with van der Waals surface area (Å²) in [4.78, 5) is 40.1. The lowest BCUT2D eigenvalue weighted by atomic mass is 9.85. The van der Waals surface area contributed by atoms with Gasteiger partial charge in [0.1, 0.15) is 12.6 Å². The first kappa shape index (κ1) is 21.0. The van der Waals surface area contributed by atoms with Crippen molar-refractivity contribution in [3.05, 3.63) is 57.3 Å². The van der Waals surface area contributed by atoms with Crippen LogP contribution in [0.5, 0.6) is 0 Å². The molecule has 0 spiro atoms. The van der Waals surface area contributed by atoms with Gasteiger partial charge in [-0.3, -0.25) is 14.5 Å². The molecule has 2 heterocycles. The van der Waals surface area contributed by atoms with Crippen molar-refractivity contribution in [3.63, 3.8) is 0 Å². The molecule has 1 aliphatic heterocycles. The number of imide groups is 1. The summed E-state index contributed by atoms with van der Waals surface area (Å²) >= 11 is 1.57. The van der Waals surface area contributed by atoms with E-state index in [1.807, 2.05) is 70.3 Å². The Kier molecular flexibility index (Phi) is 5.80. The molecule has 2 unspecified atom stereocenters. The monoisotopic (exact) mass is 413 g/mol. The predicted octanol–water partition coefficient (Wildman–Crippen LogP) is 3.86. The average molecular weight is 414 g/mol. The number of thiophene rings is 1. The van der Waals surface area contributed by atoms with Crippen LogP contribution in [0.15, 0.2) is 35.7 Å². The second-order valence-electron chi connectivity index (χ2n) is 8.48. The second-order valence-corrected chi connectivity index (χ2v) is 9.46. The molecule has 2 aromatic rings. The SMILES string of the molecule is Cc1cccc(C2NC(=O)N(CC(=O)NC(c3cccs3)C(C)(C)C)C2=O)c1C. The summed E-state index contributed by atoms with van der Waals surface area (Å²) in [5.74, 6) is -0.759. The number of aryl methyl sites for hydroxylation is 1. The van der Waals surface area contributed by atoms with E-state index < -0.39 is 18.0 Å². The smallest absolute Gasteiger partial charge is 0.325 e. The van der Waals surface area contributed by atoms with Gasteiger partial charge in [-0.15, -0.1) is 11.3 Å². The molecule has 2 atom stereocenters. The van der Waals surface area contributed by atoms with Crippen molar-refractivity contribution in [2.75, 3.05) is 6.54 Å². The lowest BCUT2D eigenvalue weighted by molar-refractivity contribution is -0.132. The Morgan fingerprint density at radius 1 is 1.21 bits per heavy atom. The molecular formula is C22H27N3O3S. The summed E-state index contributed by atoms with van der Waals surface area (Å²) in [5, 5.41) is 7.68. The average Bonchev–Trinajstić information content (AvgIpc) is 3.25. The third-order valence-electron chi connectivity index (χ3n) is 5.28. The number of carbonyl (C=O) groups is 3. The number of hydrogen-bond donors (Lipinski definition) is 2. The van der Waals surface area contributed by atoms with Crippen LogP contribution in [0, 0.1) is 19.3 Å². The molecule has 29 heavy (non-hydrogen) atoms. The predicted molar refractivity (Wildman–Crippen MR) is 114 cm³/mol. The number of benzene rings is 1. The molecule has 2 N–H and O–H groups in total. The van der Waals surface area contributed by atoms with Crippen LogP contribution in [-0.4, -0.2) is 29.3 Å². The number of nitrogens with one attached hydrogen (secondary N) is 2. The Bertz CT molecular complexity index is 931. The number of carbonyl (C=O) groups excluding carboxylic acids is 3. The van der Waals surface area contributed by atoms with E-state index in [9.17, 15) is 14.4 Å². The molecule has 0 bridgehead atoms. The highest BCUT2D eigenvalue weighted by Crippen LogP contribution is 2.35. The Morgan fingerprint density at radius 3 is 2.55 bits per heavy atom. The maximum Gasteiger partial charge on any atom is 0.325 e. The Hall–Kier alpha value is -2.67. The van der Waals surface area contributed by atoms with Gasteiger partial charge in [0, 0.05) is 4.88 Å². The standard InChI is InChI=1S/C22H27N3O3S/c1-13-8-6-9-15(14(13)2)18-20(27)25(21(28)24-18)12-17(26)23-19(22(3,4)5)16-10-7-11-29-16/h6-11,18-19H,12H2,1-5H3,(H,23,26)(H,24,28). The maximum absolute atomic E-state index is 12.9. The first-order valence-corrected chi connectivity index (χ1v) is 10.5. The van der Waals surface area contributed by atoms with Gasteiger partial charge in [0.05, 0.1) is 6.04 Å². The van der Waals surface area contributed by atoms with Gasteiger partial charge in [0.25, 0.3) is 5.91 Å². The Balaban J connectivity index is 1.74. The Labute approximate surface area is 175 Å². The molecule has 6 nitrogen and oxygen atoms in total. The molecule has 7 heteroatoms. The molecule has 0 saturated carbocycles. The van der Waals surface area contributed by atoms with Crippen molar-refractivity contribution in [3.8, 4) is 0 Å². The number of hydrogen-bond acceptors (Lipinski definition) is 4. The summed E-state index contributed by atoms with van der Waals surface area (Å²) in [5.41, 5.74) is 2.56. The van der Waals surface area contributed by atoms with Crippen LogP contribution in [-0.2, 0) is 9.59 Å². The summed E-state index contributed by atoms with van der Waals surface area (Å²) in [6.07, 6.45) is 0. The normalized spacial score (nSPS) is 18.0. The minimum Gasteiger partial charge on any atom is -0.346 e. The van der Waals surface area contributed by atoms with Crippen LogP contribution >= 0.6 is 11.3 Å². The molecule has 1 aromatic carbocycles. The third kappa shape index (κ3) is 4.34. The molecule has 0 aliphatic carbocycles. The van der Waals surface area contributed by atoms with Gasteiger partial charge < -0.3 is 10.6 Å². The number of amides is 4. The fraction of sp³-hybridized carbons (Fsp3) is 0.409. The molecule has 1 saturated heterocycles. The van der Waals surface area contributed by atoms with Gasteiger partial charge in [-0.2, -0.15) is 0 Å². The van der Waals surface area contributed by atoms with Crippen LogP contribution in [0.25, 0.3) is 0 Å². The van der Waals surface area contributed by atoms with Gasteiger partial charge in [-0.1, -0.05) is 45.0 Å². The third-order valence-corrected chi connectivity index (χ3v) is 6.22. The summed E-state index contributed by atoms with van der Waals surface area (Å²) in [6, 6.07) is 8.07. The summed E-state index contributed by atoms with van der Waals surface area (Å²) < 4.78 is 0. The van der Waals surface area contributed by atoms with E-state index in [4.69, 9.17) is 0 Å². The van der Waals surface area contributed by atoms with E-state index in [0.717, 1.165) is 26.5 Å². The van der Waals surface area contributed by atoms with Crippen molar-refractivity contribution >= 4 is 29.2 Å². The topological polar surface area (TPSA) is 78.5 Å². The van der Waals surface area contributed by atoms with Crippen molar-refractivity contribution in [1.82, 2.24) is 15.5 Å². The molecular weight excluding hydrogens is 386 g/mol. The molecule has 0 radical (unpaired) electrons. The van der Waals surface area contributed by atoms with Crippen LogP contribution in [0.1, 0.15) is 54.4 Å². The minimum absolute atomic E-state index is 0.203. The quantitative estimate of drug-likeness (QED) is 0.731. The first-order valence-electron chi connectivity index (χ1n) is 9.60. The van der Waals surface area contributed by atoms with Gasteiger partial charge in [-0.25, -0.2) is 4.79 Å². The lowest BCUT2D eigenvalue weighted by Gasteiger charge is -2.31. The fourth-order valence-electron chi connectivity index (χ4n) is 3.49. The van der Waals surface area contributed by atoms with Crippen molar-refractivity contribution < 1.29 is 14.4 Å². The molecule has 4 amide bonds. The van der Waals surface area contributed by atoms with Crippen LogP contribution < -0.4 is 10.6 Å². The van der Waals surface area contributed by atoms with Gasteiger partial charge in [0.2, 0.25) is 5.91 Å². The largest absolute Gasteiger partial charge is 0.346 e. The fourth-order valence-corrected chi connectivity index (χ4v) is 4.51. The first-order chi connectivity index (χ1) is 13.6. The molecule has 154 valence electrons. The zero-order valence-corrected chi connectivity index (χ0v) is 18.2. The number of nitrogens with zero attached hydrogens (tertiary/aromatic N) is 1. The van der Waals surface area contributed by atoms with Crippen molar-refractivity contribution in [1.29, 1.82) is 0 Å². The van der Waals surface area contributed by atoms with E-state index in [1.165, 1.54) is 0 Å². The van der Waals surface area contributed by atoms with E-state index >= 15 is 0 Å². The molecule has 3 rings (SSSR count). The van der Waals surface area contributed by atoms with E-state index in [0.29, 0.717) is 0 Å². The maximum atomic E-state index is 12.9. The van der Waals surface area contributed by atoms with Crippen LogP contribution in [0.3, 0.4) is 0 Å². The van der Waals surface area contributed by atoms with Gasteiger partial charge in [-0.05, 0) is 47.4 Å². The molecule has 1 fully saturated rings. The van der Waals surface area contributed by atoms with Crippen LogP contribution in [0.2, 0.25) is 0 Å².